The molecule has 2 aliphatic rings. The van der Waals surface area contributed by atoms with E-state index in [0.717, 1.165) is 63.5 Å². The highest BCUT2D eigenvalue weighted by atomic mass is 19.4. The molecule has 9 nitrogen and oxygen atoms in total. The molecular formula is C25H31F6N3O6. The summed E-state index contributed by atoms with van der Waals surface area (Å²) in [6, 6.07) is 6.25. The number of halogens is 6. The van der Waals surface area contributed by atoms with E-state index in [0.29, 0.717) is 6.61 Å². The maximum absolute atomic E-state index is 13.0. The minimum atomic E-state index is -5.08. The standard InChI is InChI=1S/C21H29N3O2.2C2HF3O2/c1-15-6-9-23(10-7-15)21(25)16-3-4-19-17(13-16)18-14-22-8-5-20(18)24(19)11-12-26-2;2*3-2(4,5)1(6)7/h3-4,13,15,22H,5-12,14H2,1-2H3;2*(H,6,7). The van der Waals surface area contributed by atoms with E-state index < -0.39 is 24.3 Å². The van der Waals surface area contributed by atoms with E-state index in [1.54, 1.807) is 7.11 Å². The Kier molecular flexibility index (Phi) is 11.4. The number of benzene rings is 1. The molecule has 40 heavy (non-hydrogen) atoms. The molecule has 15 heteroatoms. The van der Waals surface area contributed by atoms with Crippen LogP contribution in [0.25, 0.3) is 10.9 Å². The van der Waals surface area contributed by atoms with Crippen molar-refractivity contribution in [3.8, 4) is 0 Å². The summed E-state index contributed by atoms with van der Waals surface area (Å²) < 4.78 is 71.2. The molecule has 1 fully saturated rings. The monoisotopic (exact) mass is 583 g/mol. The van der Waals surface area contributed by atoms with E-state index in [9.17, 15) is 31.1 Å². The van der Waals surface area contributed by atoms with Gasteiger partial charge < -0.3 is 29.7 Å². The van der Waals surface area contributed by atoms with Crippen molar-refractivity contribution in [3.63, 3.8) is 0 Å². The first-order chi connectivity index (χ1) is 18.6. The van der Waals surface area contributed by atoms with Gasteiger partial charge in [0.1, 0.15) is 0 Å². The Balaban J connectivity index is 0.000000333. The number of methoxy groups -OCH3 is 1. The van der Waals surface area contributed by atoms with Gasteiger partial charge in [-0.25, -0.2) is 9.59 Å². The number of fused-ring (bicyclic) bond motifs is 3. The highest BCUT2D eigenvalue weighted by Crippen LogP contribution is 2.30. The van der Waals surface area contributed by atoms with Crippen LogP contribution in [0.5, 0.6) is 0 Å². The molecule has 0 bridgehead atoms. The Morgan fingerprint density at radius 2 is 1.57 bits per heavy atom. The Bertz CT molecular complexity index is 1160. The second-order valence-electron chi connectivity index (χ2n) is 9.31. The van der Waals surface area contributed by atoms with Gasteiger partial charge >= 0.3 is 24.3 Å². The van der Waals surface area contributed by atoms with E-state index in [1.807, 2.05) is 11.0 Å². The molecule has 0 atom stereocenters. The molecule has 2 aliphatic heterocycles. The van der Waals surface area contributed by atoms with Crippen molar-refractivity contribution >= 4 is 28.7 Å². The van der Waals surface area contributed by atoms with Crippen LogP contribution in [0, 0.1) is 5.92 Å². The fourth-order valence-electron chi connectivity index (χ4n) is 4.35. The fourth-order valence-corrected chi connectivity index (χ4v) is 4.35. The van der Waals surface area contributed by atoms with Crippen molar-refractivity contribution in [3.05, 3.63) is 35.0 Å². The number of likely N-dealkylation sites (tertiary alicyclic amines) is 1. The number of rotatable bonds is 4. The van der Waals surface area contributed by atoms with Crippen molar-refractivity contribution < 1.29 is 55.7 Å². The number of hydrogen-bond acceptors (Lipinski definition) is 5. The van der Waals surface area contributed by atoms with Crippen molar-refractivity contribution in [1.82, 2.24) is 14.8 Å². The smallest absolute Gasteiger partial charge is 0.475 e. The summed E-state index contributed by atoms with van der Waals surface area (Å²) in [4.78, 5) is 32.8. The minimum absolute atomic E-state index is 0.181. The summed E-state index contributed by atoms with van der Waals surface area (Å²) >= 11 is 0. The fraction of sp³-hybridized carbons (Fsp3) is 0.560. The minimum Gasteiger partial charge on any atom is -0.475 e. The molecule has 0 saturated carbocycles. The lowest BCUT2D eigenvalue weighted by atomic mass is 9.98. The summed E-state index contributed by atoms with van der Waals surface area (Å²) in [6.07, 6.45) is -6.91. The molecule has 2 aromatic rings. The van der Waals surface area contributed by atoms with Gasteiger partial charge in [0.05, 0.1) is 6.61 Å². The van der Waals surface area contributed by atoms with Gasteiger partial charge in [-0.05, 0) is 42.5 Å². The number of amides is 1. The van der Waals surface area contributed by atoms with E-state index in [2.05, 4.69) is 28.9 Å². The number of piperidine rings is 1. The third-order valence-electron chi connectivity index (χ3n) is 6.45. The Labute approximate surface area is 225 Å². The van der Waals surface area contributed by atoms with Crippen molar-refractivity contribution in [1.29, 1.82) is 0 Å². The zero-order valence-corrected chi connectivity index (χ0v) is 21.9. The molecule has 0 spiro atoms. The molecule has 3 heterocycles. The van der Waals surface area contributed by atoms with E-state index in [1.165, 1.54) is 22.2 Å². The summed E-state index contributed by atoms with van der Waals surface area (Å²) in [6.45, 7) is 7.49. The van der Waals surface area contributed by atoms with Gasteiger partial charge in [-0.3, -0.25) is 4.79 Å². The highest BCUT2D eigenvalue weighted by Gasteiger charge is 2.38. The Hall–Kier alpha value is -3.33. The van der Waals surface area contributed by atoms with Crippen molar-refractivity contribution in [2.24, 2.45) is 5.92 Å². The number of carboxylic acids is 2. The van der Waals surface area contributed by atoms with Gasteiger partial charge in [0.15, 0.2) is 0 Å². The second-order valence-corrected chi connectivity index (χ2v) is 9.31. The van der Waals surface area contributed by atoms with Crippen LogP contribution >= 0.6 is 0 Å². The van der Waals surface area contributed by atoms with Crippen LogP contribution in [0.15, 0.2) is 18.2 Å². The largest absolute Gasteiger partial charge is 0.490 e. The van der Waals surface area contributed by atoms with Crippen LogP contribution < -0.4 is 5.32 Å². The first-order valence-electron chi connectivity index (χ1n) is 12.3. The molecule has 1 aromatic heterocycles. The molecule has 1 saturated heterocycles. The first-order valence-corrected chi connectivity index (χ1v) is 12.3. The third-order valence-corrected chi connectivity index (χ3v) is 6.45. The lowest BCUT2D eigenvalue weighted by molar-refractivity contribution is -0.193. The molecule has 0 radical (unpaired) electrons. The SMILES string of the molecule is COCCn1c2c(c3cc(C(=O)N4CCC(C)CC4)ccc31)CNCC2.O=C(O)C(F)(F)F.O=C(O)C(F)(F)F. The van der Waals surface area contributed by atoms with Gasteiger partial charge in [-0.2, -0.15) is 26.3 Å². The molecule has 1 aromatic carbocycles. The molecule has 0 unspecified atom stereocenters. The number of nitrogens with one attached hydrogen (secondary N) is 1. The van der Waals surface area contributed by atoms with Crippen LogP contribution in [0.4, 0.5) is 26.3 Å². The average Bonchev–Trinajstić information content (AvgIpc) is 3.20. The van der Waals surface area contributed by atoms with E-state index in [4.69, 9.17) is 24.5 Å². The average molecular weight is 584 g/mol. The third kappa shape index (κ3) is 8.84. The maximum Gasteiger partial charge on any atom is 0.490 e. The lowest BCUT2D eigenvalue weighted by Crippen LogP contribution is -2.37. The van der Waals surface area contributed by atoms with Gasteiger partial charge in [-0.15, -0.1) is 0 Å². The van der Waals surface area contributed by atoms with Crippen molar-refractivity contribution in [2.45, 2.75) is 51.6 Å². The molecule has 3 N–H and O–H groups in total. The van der Waals surface area contributed by atoms with Crippen LogP contribution in [-0.4, -0.2) is 83.2 Å². The summed E-state index contributed by atoms with van der Waals surface area (Å²) in [5, 5.41) is 19.0. The summed E-state index contributed by atoms with van der Waals surface area (Å²) in [5.41, 5.74) is 4.79. The number of alkyl halides is 6. The number of ether oxygens (including phenoxy) is 1. The predicted octanol–water partition coefficient (Wildman–Crippen LogP) is 4.07. The number of aliphatic carboxylic acids is 2. The van der Waals surface area contributed by atoms with Gasteiger partial charge in [0.25, 0.3) is 5.91 Å². The van der Waals surface area contributed by atoms with Crippen LogP contribution in [0.1, 0.15) is 41.4 Å². The first kappa shape index (κ1) is 32.9. The van der Waals surface area contributed by atoms with E-state index >= 15 is 0 Å². The van der Waals surface area contributed by atoms with Crippen molar-refractivity contribution in [2.75, 3.05) is 33.4 Å². The second kappa shape index (κ2) is 13.8. The number of aromatic nitrogens is 1. The van der Waals surface area contributed by atoms with Gasteiger partial charge in [0.2, 0.25) is 0 Å². The maximum atomic E-state index is 13.0. The van der Waals surface area contributed by atoms with Gasteiger partial charge in [0, 0.05) is 68.4 Å². The quantitative estimate of drug-likeness (QED) is 0.464. The zero-order valence-electron chi connectivity index (χ0n) is 21.9. The summed E-state index contributed by atoms with van der Waals surface area (Å²) in [7, 11) is 1.75. The lowest BCUT2D eigenvalue weighted by Gasteiger charge is -2.30. The van der Waals surface area contributed by atoms with Gasteiger partial charge in [-0.1, -0.05) is 6.92 Å². The Morgan fingerprint density at radius 1 is 1.02 bits per heavy atom. The van der Waals surface area contributed by atoms with Crippen LogP contribution in [-0.2, 0) is 33.8 Å². The number of carbonyl (C=O) groups excluding carboxylic acids is 1. The molecule has 4 rings (SSSR count). The number of carbonyl (C=O) groups is 3. The Morgan fingerprint density at radius 3 is 2.08 bits per heavy atom. The predicted molar refractivity (Wildman–Crippen MR) is 131 cm³/mol. The van der Waals surface area contributed by atoms with E-state index in [-0.39, 0.29) is 5.91 Å². The number of hydrogen-bond donors (Lipinski definition) is 3. The number of nitrogens with zero attached hydrogens (tertiary/aromatic N) is 2. The molecular weight excluding hydrogens is 552 g/mol. The topological polar surface area (TPSA) is 121 Å². The zero-order chi connectivity index (χ0) is 30.3. The van der Waals surface area contributed by atoms with Crippen LogP contribution in [0.2, 0.25) is 0 Å². The normalized spacial score (nSPS) is 15.8. The van der Waals surface area contributed by atoms with Crippen LogP contribution in [0.3, 0.4) is 0 Å². The molecule has 0 aliphatic carbocycles. The molecule has 1 amide bonds. The highest BCUT2D eigenvalue weighted by molar-refractivity contribution is 5.99. The molecule has 224 valence electrons. The summed E-state index contributed by atoms with van der Waals surface area (Å²) in [5.74, 6) is -4.60. The number of carboxylic acid groups (broad SMARTS) is 2.